The fourth-order valence-corrected chi connectivity index (χ4v) is 7.76. The lowest BCUT2D eigenvalue weighted by atomic mass is 9.90. The van der Waals surface area contributed by atoms with Crippen molar-refractivity contribution in [3.63, 3.8) is 0 Å². The second-order valence-corrected chi connectivity index (χ2v) is 12.0. The maximum Gasteiger partial charge on any atom is 0.137 e. The molecule has 9 aromatic rings. The normalized spacial score (nSPS) is 14.0. The fourth-order valence-electron chi connectivity index (χ4n) is 7.76. The summed E-state index contributed by atoms with van der Waals surface area (Å²) in [6, 6.07) is 54.9. The molecule has 10 rings (SSSR count). The predicted molar refractivity (Wildman–Crippen MR) is 186 cm³/mol. The van der Waals surface area contributed by atoms with E-state index in [1.807, 2.05) is 0 Å². The Labute approximate surface area is 260 Å². The minimum atomic E-state index is 0.128. The molecular formula is C42H27N3. The van der Waals surface area contributed by atoms with Crippen molar-refractivity contribution in [3.8, 4) is 22.6 Å². The van der Waals surface area contributed by atoms with Crippen LogP contribution in [0.15, 0.2) is 158 Å². The van der Waals surface area contributed by atoms with Crippen LogP contribution in [0.5, 0.6) is 0 Å². The molecule has 0 amide bonds. The van der Waals surface area contributed by atoms with Crippen LogP contribution in [-0.4, -0.2) is 14.1 Å². The van der Waals surface area contributed by atoms with E-state index in [0.29, 0.717) is 0 Å². The van der Waals surface area contributed by atoms with Gasteiger partial charge in [-0.05, 0) is 70.3 Å². The highest BCUT2D eigenvalue weighted by Gasteiger charge is 2.30. The molecule has 3 nitrogen and oxygen atoms in total. The summed E-state index contributed by atoms with van der Waals surface area (Å²) in [5.41, 5.74) is 12.4. The van der Waals surface area contributed by atoms with Crippen LogP contribution in [0.4, 0.5) is 0 Å². The van der Waals surface area contributed by atoms with Crippen LogP contribution in [0, 0.1) is 0 Å². The maximum atomic E-state index is 5.10. The zero-order chi connectivity index (χ0) is 29.5. The third-order valence-corrected chi connectivity index (χ3v) is 9.66. The number of aromatic nitrogens is 3. The van der Waals surface area contributed by atoms with Gasteiger partial charge in [0.05, 0.1) is 22.1 Å². The van der Waals surface area contributed by atoms with Crippen LogP contribution in [0.1, 0.15) is 22.6 Å². The van der Waals surface area contributed by atoms with Crippen molar-refractivity contribution in [1.82, 2.24) is 14.1 Å². The lowest BCUT2D eigenvalue weighted by molar-refractivity contribution is 0.977. The Morgan fingerprint density at radius 2 is 0.933 bits per heavy atom. The summed E-state index contributed by atoms with van der Waals surface area (Å²) in [6.45, 7) is 0. The molecule has 0 aliphatic heterocycles. The van der Waals surface area contributed by atoms with Crippen molar-refractivity contribution in [2.24, 2.45) is 0 Å². The van der Waals surface area contributed by atoms with Crippen LogP contribution < -0.4 is 0 Å². The highest BCUT2D eigenvalue weighted by molar-refractivity contribution is 6.10. The first-order valence-corrected chi connectivity index (χ1v) is 15.5. The van der Waals surface area contributed by atoms with Crippen LogP contribution in [-0.2, 0) is 0 Å². The molecule has 0 fully saturated rings. The van der Waals surface area contributed by atoms with E-state index in [-0.39, 0.29) is 5.92 Å². The van der Waals surface area contributed by atoms with Crippen LogP contribution in [0.3, 0.4) is 0 Å². The van der Waals surface area contributed by atoms with E-state index in [9.17, 15) is 0 Å². The van der Waals surface area contributed by atoms with Gasteiger partial charge in [0.15, 0.2) is 0 Å². The molecule has 3 aromatic heterocycles. The molecule has 0 saturated heterocycles. The Morgan fingerprint density at radius 1 is 0.422 bits per heavy atom. The molecule has 0 radical (unpaired) electrons. The molecule has 0 bridgehead atoms. The lowest BCUT2D eigenvalue weighted by Crippen LogP contribution is -2.03. The van der Waals surface area contributed by atoms with Gasteiger partial charge in [0.25, 0.3) is 0 Å². The first kappa shape index (κ1) is 24.5. The third kappa shape index (κ3) is 3.44. The van der Waals surface area contributed by atoms with Crippen LogP contribution in [0.2, 0.25) is 0 Å². The van der Waals surface area contributed by atoms with E-state index in [4.69, 9.17) is 4.98 Å². The van der Waals surface area contributed by atoms with Gasteiger partial charge in [-0.1, -0.05) is 109 Å². The van der Waals surface area contributed by atoms with E-state index >= 15 is 0 Å². The second-order valence-electron chi connectivity index (χ2n) is 12.0. The Kier molecular flexibility index (Phi) is 5.06. The van der Waals surface area contributed by atoms with Crippen molar-refractivity contribution in [3.05, 3.63) is 175 Å². The Morgan fingerprint density at radius 3 is 1.51 bits per heavy atom. The van der Waals surface area contributed by atoms with Gasteiger partial charge < -0.3 is 4.57 Å². The van der Waals surface area contributed by atoms with E-state index in [0.717, 1.165) is 5.82 Å². The maximum absolute atomic E-state index is 5.10. The summed E-state index contributed by atoms with van der Waals surface area (Å²) >= 11 is 0. The molecule has 0 spiro atoms. The number of pyridine rings is 1. The van der Waals surface area contributed by atoms with Gasteiger partial charge in [0.2, 0.25) is 0 Å². The number of benzene rings is 6. The van der Waals surface area contributed by atoms with E-state index in [2.05, 4.69) is 167 Å². The quantitative estimate of drug-likeness (QED) is 0.206. The molecule has 45 heavy (non-hydrogen) atoms. The zero-order valence-electron chi connectivity index (χ0n) is 24.4. The van der Waals surface area contributed by atoms with Crippen molar-refractivity contribution in [2.45, 2.75) is 5.92 Å². The molecule has 6 aromatic carbocycles. The highest BCUT2D eigenvalue weighted by Crippen LogP contribution is 2.49. The number of nitrogens with zero attached hydrogens (tertiary/aromatic N) is 3. The number of para-hydroxylation sites is 4. The van der Waals surface area contributed by atoms with Gasteiger partial charge in [-0.2, -0.15) is 0 Å². The highest BCUT2D eigenvalue weighted by atomic mass is 15.1. The average Bonchev–Trinajstić information content (AvgIpc) is 3.74. The smallest absolute Gasteiger partial charge is 0.137 e. The number of hydrogen-bond donors (Lipinski definition) is 0. The van der Waals surface area contributed by atoms with E-state index < -0.39 is 0 Å². The second kappa shape index (κ2) is 9.28. The summed E-state index contributed by atoms with van der Waals surface area (Å²) in [5, 5.41) is 5.05. The van der Waals surface area contributed by atoms with Gasteiger partial charge in [-0.25, -0.2) is 4.98 Å². The molecule has 0 N–H and O–H groups in total. The van der Waals surface area contributed by atoms with E-state index in [1.165, 1.54) is 77.1 Å². The van der Waals surface area contributed by atoms with Crippen LogP contribution >= 0.6 is 0 Å². The van der Waals surface area contributed by atoms with Gasteiger partial charge in [0.1, 0.15) is 5.82 Å². The monoisotopic (exact) mass is 573 g/mol. The van der Waals surface area contributed by atoms with E-state index in [1.54, 1.807) is 0 Å². The van der Waals surface area contributed by atoms with Crippen molar-refractivity contribution < 1.29 is 0 Å². The standard InChI is InChI=1S/C42H27N3/c1-2-16-34-29(11-1)36-25-28(44-37-17-7-3-12-30(37)31-13-4-8-18-38(31)44)22-23-35(36)42(34)27-21-24-41(43-26-27)45-39-19-9-5-14-32(39)33-15-6-10-20-40(33)45/h1-26,42H. The topological polar surface area (TPSA) is 22.8 Å². The van der Waals surface area contributed by atoms with Crippen molar-refractivity contribution >= 4 is 43.6 Å². The molecule has 0 saturated carbocycles. The largest absolute Gasteiger partial charge is 0.309 e. The zero-order valence-corrected chi connectivity index (χ0v) is 24.4. The minimum absolute atomic E-state index is 0.128. The van der Waals surface area contributed by atoms with Gasteiger partial charge in [-0.3, -0.25) is 4.57 Å². The molecule has 3 heterocycles. The number of fused-ring (bicyclic) bond motifs is 9. The SMILES string of the molecule is c1ccc2c(c1)-c1cc(-n3c4ccccc4c4ccccc43)ccc1C2c1ccc(-n2c3ccccc3c3ccccc32)nc1. The molecular weight excluding hydrogens is 546 g/mol. The first-order valence-electron chi connectivity index (χ1n) is 15.5. The molecule has 1 unspecified atom stereocenters. The van der Waals surface area contributed by atoms with Crippen molar-refractivity contribution in [1.29, 1.82) is 0 Å². The van der Waals surface area contributed by atoms with Gasteiger partial charge in [-0.15, -0.1) is 0 Å². The molecule has 210 valence electrons. The van der Waals surface area contributed by atoms with Crippen LogP contribution in [0.25, 0.3) is 66.2 Å². The molecule has 1 aliphatic rings. The summed E-state index contributed by atoms with van der Waals surface area (Å²) in [6.07, 6.45) is 2.08. The summed E-state index contributed by atoms with van der Waals surface area (Å²) < 4.78 is 4.69. The number of hydrogen-bond acceptors (Lipinski definition) is 1. The first-order chi connectivity index (χ1) is 22.3. The molecule has 1 aliphatic carbocycles. The third-order valence-electron chi connectivity index (χ3n) is 9.66. The Bertz CT molecular complexity index is 2490. The molecule has 1 atom stereocenters. The Balaban J connectivity index is 1.12. The lowest BCUT2D eigenvalue weighted by Gasteiger charge is -2.16. The molecule has 3 heteroatoms. The Hall–Kier alpha value is -5.93. The van der Waals surface area contributed by atoms with Gasteiger partial charge in [0, 0.05) is 39.3 Å². The summed E-state index contributed by atoms with van der Waals surface area (Å²) in [4.78, 5) is 5.10. The minimum Gasteiger partial charge on any atom is -0.309 e. The fraction of sp³-hybridized carbons (Fsp3) is 0.0238. The average molecular weight is 574 g/mol. The number of rotatable bonds is 3. The predicted octanol–water partition coefficient (Wildman–Crippen LogP) is 10.4. The van der Waals surface area contributed by atoms with Gasteiger partial charge >= 0.3 is 0 Å². The summed E-state index contributed by atoms with van der Waals surface area (Å²) in [5.74, 6) is 1.06. The summed E-state index contributed by atoms with van der Waals surface area (Å²) in [7, 11) is 0. The van der Waals surface area contributed by atoms with Crippen molar-refractivity contribution in [2.75, 3.05) is 0 Å².